The van der Waals surface area contributed by atoms with E-state index in [-0.39, 0.29) is 0 Å². The molecule has 0 amide bonds. The number of benzene rings is 1. The molecule has 0 saturated heterocycles. The van der Waals surface area contributed by atoms with Gasteiger partial charge in [-0.2, -0.15) is 8.78 Å². The van der Waals surface area contributed by atoms with Crippen LogP contribution < -0.4 is 0 Å². The summed E-state index contributed by atoms with van der Waals surface area (Å²) in [6, 6.07) is 4.12. The first kappa shape index (κ1) is 9.59. The van der Waals surface area contributed by atoms with E-state index in [4.69, 9.17) is 6.57 Å². The minimum absolute atomic E-state index is 0.455. The van der Waals surface area contributed by atoms with Crippen LogP contribution in [0.4, 0.5) is 13.2 Å². The largest absolute Gasteiger partial charge is 0.343 e. The van der Waals surface area contributed by atoms with E-state index in [1.54, 1.807) is 0 Å². The predicted molar refractivity (Wildman–Crippen MR) is 41.8 cm³/mol. The van der Waals surface area contributed by atoms with Crippen molar-refractivity contribution in [3.8, 4) is 0 Å². The number of hydrogen-bond donors (Lipinski definition) is 0. The average molecular weight is 185 g/mol. The summed E-state index contributed by atoms with van der Waals surface area (Å²) < 4.78 is 38.4. The van der Waals surface area contributed by atoms with Gasteiger partial charge in [-0.3, -0.25) is 0 Å². The van der Waals surface area contributed by atoms with E-state index < -0.39 is 23.8 Å². The third kappa shape index (κ3) is 2.22. The first-order chi connectivity index (χ1) is 6.06. The molecule has 0 bridgehead atoms. The summed E-state index contributed by atoms with van der Waals surface area (Å²) >= 11 is 0. The van der Waals surface area contributed by atoms with Gasteiger partial charge in [-0.05, 0) is 12.1 Å². The first-order valence-electron chi connectivity index (χ1n) is 3.53. The molecule has 68 valence electrons. The van der Waals surface area contributed by atoms with E-state index in [2.05, 4.69) is 4.85 Å². The van der Waals surface area contributed by atoms with Crippen molar-refractivity contribution in [2.24, 2.45) is 0 Å². The molecular formula is C9H6F3N. The van der Waals surface area contributed by atoms with Crippen molar-refractivity contribution in [2.45, 2.75) is 5.92 Å². The highest BCUT2D eigenvalue weighted by Gasteiger charge is 2.35. The fourth-order valence-corrected chi connectivity index (χ4v) is 0.907. The summed E-state index contributed by atoms with van der Waals surface area (Å²) in [6.07, 6.45) is 0. The summed E-state index contributed by atoms with van der Waals surface area (Å²) in [5.41, 5.74) is -0.455. The van der Waals surface area contributed by atoms with Gasteiger partial charge in [-0.1, -0.05) is 12.1 Å². The Morgan fingerprint density at radius 2 is 2.08 bits per heavy atom. The average Bonchev–Trinajstić information content (AvgIpc) is 2.04. The highest BCUT2D eigenvalue weighted by molar-refractivity contribution is 5.22. The number of alkyl halides is 2. The molecule has 0 fully saturated rings. The maximum absolute atomic E-state index is 13.0. The van der Waals surface area contributed by atoms with Crippen molar-refractivity contribution in [1.82, 2.24) is 0 Å². The second-order valence-corrected chi connectivity index (χ2v) is 2.53. The van der Waals surface area contributed by atoms with Gasteiger partial charge in [0, 0.05) is 5.56 Å². The molecular weight excluding hydrogens is 179 g/mol. The van der Waals surface area contributed by atoms with E-state index >= 15 is 0 Å². The molecule has 0 N–H and O–H groups in total. The van der Waals surface area contributed by atoms with Gasteiger partial charge in [0.05, 0.1) is 0 Å². The molecule has 1 rings (SSSR count). The van der Waals surface area contributed by atoms with E-state index in [0.717, 1.165) is 18.2 Å². The zero-order valence-corrected chi connectivity index (χ0v) is 6.60. The fraction of sp³-hybridized carbons (Fsp3) is 0.222. The van der Waals surface area contributed by atoms with Gasteiger partial charge in [-0.25, -0.2) is 11.0 Å². The highest BCUT2D eigenvalue weighted by Crippen LogP contribution is 2.28. The maximum atomic E-state index is 13.0. The summed E-state index contributed by atoms with van der Waals surface area (Å²) in [4.78, 5) is 2.59. The molecule has 0 spiro atoms. The lowest BCUT2D eigenvalue weighted by atomic mass is 10.1. The van der Waals surface area contributed by atoms with Crippen LogP contribution in [0.25, 0.3) is 4.85 Å². The van der Waals surface area contributed by atoms with Crippen LogP contribution in [0, 0.1) is 12.4 Å². The fourth-order valence-electron chi connectivity index (χ4n) is 0.907. The quantitative estimate of drug-likeness (QED) is 0.624. The van der Waals surface area contributed by atoms with Gasteiger partial charge in [0.1, 0.15) is 5.82 Å². The second-order valence-electron chi connectivity index (χ2n) is 2.53. The van der Waals surface area contributed by atoms with Gasteiger partial charge >= 0.3 is 5.92 Å². The van der Waals surface area contributed by atoms with Gasteiger partial charge in [-0.15, -0.1) is 0 Å². The minimum atomic E-state index is -3.26. The Hall–Kier alpha value is -1.50. The number of halogens is 3. The molecule has 0 aromatic heterocycles. The third-order valence-electron chi connectivity index (χ3n) is 1.52. The van der Waals surface area contributed by atoms with Crippen LogP contribution in [0.2, 0.25) is 0 Å². The third-order valence-corrected chi connectivity index (χ3v) is 1.52. The van der Waals surface area contributed by atoms with Crippen LogP contribution in [-0.2, 0) is 5.92 Å². The van der Waals surface area contributed by atoms with Crippen molar-refractivity contribution >= 4 is 0 Å². The zero-order chi connectivity index (χ0) is 9.90. The monoisotopic (exact) mass is 185 g/mol. The Balaban J connectivity index is 3.01. The molecule has 0 atom stereocenters. The van der Waals surface area contributed by atoms with Gasteiger partial charge in [0.2, 0.25) is 0 Å². The van der Waals surface area contributed by atoms with Crippen molar-refractivity contribution in [3.63, 3.8) is 0 Å². The van der Waals surface area contributed by atoms with Crippen LogP contribution in [0.3, 0.4) is 0 Å². The Kier molecular flexibility index (Phi) is 2.57. The molecule has 4 heteroatoms. The van der Waals surface area contributed by atoms with Gasteiger partial charge in [0.25, 0.3) is 6.54 Å². The molecule has 0 heterocycles. The van der Waals surface area contributed by atoms with E-state index in [9.17, 15) is 13.2 Å². The Morgan fingerprint density at radius 1 is 1.38 bits per heavy atom. The molecule has 0 radical (unpaired) electrons. The number of rotatable bonds is 2. The van der Waals surface area contributed by atoms with Crippen molar-refractivity contribution in [2.75, 3.05) is 6.54 Å². The van der Waals surface area contributed by atoms with Crippen LogP contribution in [0.15, 0.2) is 24.3 Å². The van der Waals surface area contributed by atoms with Gasteiger partial charge in [0.15, 0.2) is 0 Å². The first-order valence-corrected chi connectivity index (χ1v) is 3.53. The molecule has 13 heavy (non-hydrogen) atoms. The second kappa shape index (κ2) is 3.48. The Labute approximate surface area is 73.6 Å². The standard InChI is InChI=1S/C9H6F3N/c1-13-6-9(11,12)7-3-2-4-8(10)5-7/h2-5H,6H2. The number of hydrogen-bond acceptors (Lipinski definition) is 0. The Morgan fingerprint density at radius 3 is 2.62 bits per heavy atom. The van der Waals surface area contributed by atoms with Crippen LogP contribution >= 0.6 is 0 Å². The molecule has 0 unspecified atom stereocenters. The van der Waals surface area contributed by atoms with Gasteiger partial charge < -0.3 is 4.85 Å². The summed E-state index contributed by atoms with van der Waals surface area (Å²) in [7, 11) is 0. The topological polar surface area (TPSA) is 4.36 Å². The van der Waals surface area contributed by atoms with Crippen molar-refractivity contribution in [3.05, 3.63) is 47.1 Å². The molecule has 1 aromatic rings. The number of nitrogens with zero attached hydrogens (tertiary/aromatic N) is 1. The molecule has 1 aromatic carbocycles. The Bertz CT molecular complexity index is 341. The maximum Gasteiger partial charge on any atom is 0.343 e. The molecule has 0 aliphatic carbocycles. The van der Waals surface area contributed by atoms with E-state index in [0.29, 0.717) is 0 Å². The molecule has 0 saturated carbocycles. The highest BCUT2D eigenvalue weighted by atomic mass is 19.3. The minimum Gasteiger partial charge on any atom is -0.310 e. The summed E-state index contributed by atoms with van der Waals surface area (Å²) in [5, 5.41) is 0. The lowest BCUT2D eigenvalue weighted by molar-refractivity contribution is 0.0138. The molecule has 0 aliphatic rings. The van der Waals surface area contributed by atoms with Crippen LogP contribution in [0.1, 0.15) is 5.56 Å². The van der Waals surface area contributed by atoms with Crippen molar-refractivity contribution < 1.29 is 13.2 Å². The van der Waals surface area contributed by atoms with E-state index in [1.165, 1.54) is 6.07 Å². The lowest BCUT2D eigenvalue weighted by Gasteiger charge is -2.09. The normalized spacial score (nSPS) is 10.9. The van der Waals surface area contributed by atoms with Crippen LogP contribution in [-0.4, -0.2) is 6.54 Å². The molecule has 1 nitrogen and oxygen atoms in total. The predicted octanol–water partition coefficient (Wildman–Crippen LogP) is 2.84. The SMILES string of the molecule is [C-]#[N+]CC(F)(F)c1cccc(F)c1. The lowest BCUT2D eigenvalue weighted by Crippen LogP contribution is -2.16. The smallest absolute Gasteiger partial charge is 0.310 e. The zero-order valence-electron chi connectivity index (χ0n) is 6.60. The van der Waals surface area contributed by atoms with Crippen LogP contribution in [0.5, 0.6) is 0 Å². The summed E-state index contributed by atoms with van der Waals surface area (Å²) in [6.45, 7) is 5.36. The summed E-state index contributed by atoms with van der Waals surface area (Å²) in [5.74, 6) is -3.98. The van der Waals surface area contributed by atoms with Crippen molar-refractivity contribution in [1.29, 1.82) is 0 Å². The molecule has 0 aliphatic heterocycles. The van der Waals surface area contributed by atoms with E-state index in [1.807, 2.05) is 0 Å².